The van der Waals surface area contributed by atoms with E-state index in [0.29, 0.717) is 24.5 Å². The van der Waals surface area contributed by atoms with E-state index in [1.165, 1.54) is 0 Å². The summed E-state index contributed by atoms with van der Waals surface area (Å²) in [6.07, 6.45) is 1.63. The monoisotopic (exact) mass is 225 g/mol. The Hall–Kier alpha value is -1.16. The van der Waals surface area contributed by atoms with Gasteiger partial charge in [0.15, 0.2) is 11.6 Å². The summed E-state index contributed by atoms with van der Waals surface area (Å²) in [5.41, 5.74) is 0.620. The van der Waals surface area contributed by atoms with Crippen LogP contribution in [0.15, 0.2) is 12.3 Å². The first kappa shape index (κ1) is 12.9. The average molecular weight is 225 g/mol. The van der Waals surface area contributed by atoms with Crippen LogP contribution in [0, 0.1) is 5.82 Å². The first-order valence-electron chi connectivity index (χ1n) is 5.56. The van der Waals surface area contributed by atoms with Crippen LogP contribution >= 0.6 is 0 Å². The lowest BCUT2D eigenvalue weighted by Crippen LogP contribution is -2.35. The third-order valence-corrected chi connectivity index (χ3v) is 2.12. The van der Waals surface area contributed by atoms with E-state index in [1.54, 1.807) is 12.3 Å². The molecular weight excluding hydrogens is 205 g/mol. The molecule has 16 heavy (non-hydrogen) atoms. The molecular formula is C12H20FN3. The molecule has 0 bridgehead atoms. The molecule has 1 aromatic heterocycles. The Morgan fingerprint density at radius 1 is 1.38 bits per heavy atom. The predicted molar refractivity (Wildman–Crippen MR) is 65.0 cm³/mol. The number of nitrogens with one attached hydrogen (secondary N) is 2. The molecule has 3 nitrogen and oxygen atoms in total. The van der Waals surface area contributed by atoms with Crippen molar-refractivity contribution in [2.75, 3.05) is 11.9 Å². The third kappa shape index (κ3) is 3.77. The third-order valence-electron chi connectivity index (χ3n) is 2.12. The van der Waals surface area contributed by atoms with Crippen LogP contribution in [0.4, 0.5) is 10.2 Å². The minimum absolute atomic E-state index is 0.0198. The van der Waals surface area contributed by atoms with Gasteiger partial charge in [0, 0.05) is 30.4 Å². The number of halogens is 1. The zero-order chi connectivity index (χ0) is 12.2. The van der Waals surface area contributed by atoms with E-state index in [1.807, 2.05) is 6.92 Å². The Bertz CT molecular complexity index is 345. The van der Waals surface area contributed by atoms with Crippen molar-refractivity contribution in [3.05, 3.63) is 23.6 Å². The molecule has 1 rings (SSSR count). The van der Waals surface area contributed by atoms with Gasteiger partial charge in [-0.15, -0.1) is 0 Å². The fourth-order valence-electron chi connectivity index (χ4n) is 1.27. The lowest BCUT2D eigenvalue weighted by Gasteiger charge is -2.21. The van der Waals surface area contributed by atoms with Gasteiger partial charge in [-0.25, -0.2) is 9.37 Å². The van der Waals surface area contributed by atoms with Gasteiger partial charge in [-0.05, 0) is 33.8 Å². The SMILES string of the molecule is CCNc1nccc(CNC(C)(C)C)c1F. The van der Waals surface area contributed by atoms with Gasteiger partial charge in [0.05, 0.1) is 0 Å². The molecule has 0 fully saturated rings. The molecule has 90 valence electrons. The summed E-state index contributed by atoms with van der Waals surface area (Å²) < 4.78 is 13.9. The highest BCUT2D eigenvalue weighted by atomic mass is 19.1. The lowest BCUT2D eigenvalue weighted by molar-refractivity contribution is 0.418. The summed E-state index contributed by atoms with van der Waals surface area (Å²) in [7, 11) is 0. The number of anilines is 1. The highest BCUT2D eigenvalue weighted by Gasteiger charge is 2.12. The van der Waals surface area contributed by atoms with Gasteiger partial charge in [0.25, 0.3) is 0 Å². The largest absolute Gasteiger partial charge is 0.368 e. The van der Waals surface area contributed by atoms with Crippen LogP contribution in [0.1, 0.15) is 33.3 Å². The maximum Gasteiger partial charge on any atom is 0.169 e. The van der Waals surface area contributed by atoms with Gasteiger partial charge in [-0.3, -0.25) is 0 Å². The molecule has 0 radical (unpaired) electrons. The van der Waals surface area contributed by atoms with Gasteiger partial charge >= 0.3 is 0 Å². The average Bonchev–Trinajstić information content (AvgIpc) is 2.18. The quantitative estimate of drug-likeness (QED) is 0.827. The number of hydrogen-bond donors (Lipinski definition) is 2. The fraction of sp³-hybridized carbons (Fsp3) is 0.583. The number of hydrogen-bond acceptors (Lipinski definition) is 3. The number of nitrogens with zero attached hydrogens (tertiary/aromatic N) is 1. The Balaban J connectivity index is 2.77. The van der Waals surface area contributed by atoms with Crippen LogP contribution in [0.2, 0.25) is 0 Å². The van der Waals surface area contributed by atoms with Crippen LogP contribution in [0.25, 0.3) is 0 Å². The van der Waals surface area contributed by atoms with Crippen molar-refractivity contribution in [2.45, 2.75) is 39.8 Å². The van der Waals surface area contributed by atoms with Crippen LogP contribution < -0.4 is 10.6 Å². The standard InChI is InChI=1S/C12H20FN3/c1-5-14-11-10(13)9(6-7-15-11)8-16-12(2,3)4/h6-7,16H,5,8H2,1-4H3,(H,14,15). The first-order valence-corrected chi connectivity index (χ1v) is 5.56. The topological polar surface area (TPSA) is 37.0 Å². The normalized spacial score (nSPS) is 11.6. The van der Waals surface area contributed by atoms with Crippen molar-refractivity contribution in [3.8, 4) is 0 Å². The Morgan fingerprint density at radius 2 is 2.06 bits per heavy atom. The van der Waals surface area contributed by atoms with Crippen molar-refractivity contribution in [1.82, 2.24) is 10.3 Å². The minimum Gasteiger partial charge on any atom is -0.368 e. The Labute approximate surface area is 96.5 Å². The van der Waals surface area contributed by atoms with Gasteiger partial charge in [0.2, 0.25) is 0 Å². The van der Waals surface area contributed by atoms with Gasteiger partial charge in [0.1, 0.15) is 0 Å². The molecule has 4 heteroatoms. The van der Waals surface area contributed by atoms with E-state index in [9.17, 15) is 4.39 Å². The molecule has 0 spiro atoms. The summed E-state index contributed by atoms with van der Waals surface area (Å²) in [5.74, 6) is 0.0665. The van der Waals surface area contributed by atoms with Crippen molar-refractivity contribution >= 4 is 5.82 Å². The summed E-state index contributed by atoms with van der Waals surface area (Å²) in [4.78, 5) is 3.96. The molecule has 0 saturated heterocycles. The lowest BCUT2D eigenvalue weighted by atomic mass is 10.1. The summed E-state index contributed by atoms with van der Waals surface area (Å²) >= 11 is 0. The van der Waals surface area contributed by atoms with E-state index < -0.39 is 0 Å². The van der Waals surface area contributed by atoms with Crippen LogP contribution in [0.3, 0.4) is 0 Å². The van der Waals surface area contributed by atoms with Gasteiger partial charge in [-0.2, -0.15) is 0 Å². The maximum absolute atomic E-state index is 13.9. The second-order valence-corrected chi connectivity index (χ2v) is 4.77. The van der Waals surface area contributed by atoms with Crippen LogP contribution in [0.5, 0.6) is 0 Å². The van der Waals surface area contributed by atoms with Crippen LogP contribution in [-0.4, -0.2) is 17.1 Å². The van der Waals surface area contributed by atoms with Crippen molar-refractivity contribution < 1.29 is 4.39 Å². The van der Waals surface area contributed by atoms with Crippen molar-refractivity contribution in [3.63, 3.8) is 0 Å². The van der Waals surface area contributed by atoms with E-state index in [0.717, 1.165) is 0 Å². The van der Waals surface area contributed by atoms with E-state index in [-0.39, 0.29) is 11.4 Å². The molecule has 0 atom stereocenters. The van der Waals surface area contributed by atoms with E-state index in [4.69, 9.17) is 0 Å². The summed E-state index contributed by atoms with van der Waals surface area (Å²) in [6, 6.07) is 1.70. The first-order chi connectivity index (χ1) is 7.44. The molecule has 0 unspecified atom stereocenters. The number of pyridine rings is 1. The van der Waals surface area contributed by atoms with E-state index >= 15 is 0 Å². The highest BCUT2D eigenvalue weighted by molar-refractivity contribution is 5.39. The summed E-state index contributed by atoms with van der Waals surface area (Å²) in [6.45, 7) is 9.25. The minimum atomic E-state index is -0.263. The second kappa shape index (κ2) is 5.25. The van der Waals surface area contributed by atoms with Gasteiger partial charge < -0.3 is 10.6 Å². The fourth-order valence-corrected chi connectivity index (χ4v) is 1.27. The van der Waals surface area contributed by atoms with Crippen LogP contribution in [-0.2, 0) is 6.54 Å². The molecule has 1 heterocycles. The maximum atomic E-state index is 13.9. The predicted octanol–water partition coefficient (Wildman–Crippen LogP) is 2.54. The van der Waals surface area contributed by atoms with Crippen molar-refractivity contribution in [2.24, 2.45) is 0 Å². The zero-order valence-corrected chi connectivity index (χ0v) is 10.4. The smallest absolute Gasteiger partial charge is 0.169 e. The molecule has 0 aliphatic carbocycles. The number of rotatable bonds is 4. The molecule has 1 aromatic rings. The summed E-state index contributed by atoms with van der Waals surface area (Å²) in [5, 5.41) is 6.15. The molecule has 0 saturated carbocycles. The molecule has 2 N–H and O–H groups in total. The Morgan fingerprint density at radius 3 is 2.62 bits per heavy atom. The molecule has 0 aliphatic rings. The second-order valence-electron chi connectivity index (χ2n) is 4.77. The number of aromatic nitrogens is 1. The zero-order valence-electron chi connectivity index (χ0n) is 10.4. The highest BCUT2D eigenvalue weighted by Crippen LogP contribution is 2.15. The van der Waals surface area contributed by atoms with E-state index in [2.05, 4.69) is 36.4 Å². The Kier molecular flexibility index (Phi) is 4.24. The molecule has 0 aliphatic heterocycles. The molecule has 0 amide bonds. The molecule has 0 aromatic carbocycles. The van der Waals surface area contributed by atoms with Gasteiger partial charge in [-0.1, -0.05) is 0 Å². The van der Waals surface area contributed by atoms with Crippen molar-refractivity contribution in [1.29, 1.82) is 0 Å².